The number of nitrogens with one attached hydrogen (secondary N) is 1. The summed E-state index contributed by atoms with van der Waals surface area (Å²) < 4.78 is 10.4. The van der Waals surface area contributed by atoms with Crippen molar-refractivity contribution in [1.29, 1.82) is 0 Å². The van der Waals surface area contributed by atoms with Crippen LogP contribution in [-0.2, 0) is 14.3 Å². The minimum absolute atomic E-state index is 0.245. The van der Waals surface area contributed by atoms with Crippen LogP contribution in [0.4, 0.5) is 0 Å². The molecular formula is C15H20N2O3S. The van der Waals surface area contributed by atoms with Crippen molar-refractivity contribution in [3.63, 3.8) is 0 Å². The highest BCUT2D eigenvalue weighted by molar-refractivity contribution is 7.99. The van der Waals surface area contributed by atoms with Crippen molar-refractivity contribution in [2.24, 2.45) is 0 Å². The number of para-hydroxylation sites is 2. The minimum atomic E-state index is -0.250. The number of benzene rings is 1. The van der Waals surface area contributed by atoms with E-state index in [1.54, 1.807) is 0 Å². The van der Waals surface area contributed by atoms with Gasteiger partial charge in [-0.1, -0.05) is 37.2 Å². The highest BCUT2D eigenvalue weighted by atomic mass is 32.2. The number of esters is 1. The fourth-order valence-electron chi connectivity index (χ4n) is 1.73. The van der Waals surface area contributed by atoms with E-state index < -0.39 is 0 Å². The SMILES string of the molecule is CCCCOCCOC(=O)CSc1nc2ccccc2[nH]1. The molecule has 2 aromatic rings. The predicted molar refractivity (Wildman–Crippen MR) is 83.5 cm³/mol. The number of unbranched alkanes of at least 4 members (excludes halogenated alkanes) is 1. The number of fused-ring (bicyclic) bond motifs is 1. The summed E-state index contributed by atoms with van der Waals surface area (Å²) in [5.41, 5.74) is 1.87. The van der Waals surface area contributed by atoms with Gasteiger partial charge in [0, 0.05) is 6.61 Å². The number of carbonyl (C=O) groups excluding carboxylic acids is 1. The van der Waals surface area contributed by atoms with Crippen LogP contribution in [0.25, 0.3) is 11.0 Å². The van der Waals surface area contributed by atoms with E-state index in [0.717, 1.165) is 35.6 Å². The molecule has 2 rings (SSSR count). The zero-order valence-electron chi connectivity index (χ0n) is 12.1. The molecule has 0 radical (unpaired) electrons. The lowest BCUT2D eigenvalue weighted by atomic mass is 10.3. The normalized spacial score (nSPS) is 10.9. The first-order chi connectivity index (χ1) is 10.3. The van der Waals surface area contributed by atoms with Crippen molar-refractivity contribution in [2.45, 2.75) is 24.9 Å². The van der Waals surface area contributed by atoms with Crippen LogP contribution in [0.3, 0.4) is 0 Å². The average Bonchev–Trinajstić information content (AvgIpc) is 2.91. The molecule has 114 valence electrons. The van der Waals surface area contributed by atoms with Gasteiger partial charge in [-0.2, -0.15) is 0 Å². The van der Waals surface area contributed by atoms with Gasteiger partial charge >= 0.3 is 5.97 Å². The maximum atomic E-state index is 11.6. The first-order valence-corrected chi connectivity index (χ1v) is 8.09. The topological polar surface area (TPSA) is 64.2 Å². The number of aromatic nitrogens is 2. The van der Waals surface area contributed by atoms with Crippen LogP contribution in [0.5, 0.6) is 0 Å². The van der Waals surface area contributed by atoms with Gasteiger partial charge in [0.15, 0.2) is 5.16 Å². The smallest absolute Gasteiger partial charge is 0.316 e. The first-order valence-electron chi connectivity index (χ1n) is 7.10. The highest BCUT2D eigenvalue weighted by Crippen LogP contribution is 2.19. The standard InChI is InChI=1S/C15H20N2O3S/c1-2-3-8-19-9-10-20-14(18)11-21-15-16-12-6-4-5-7-13(12)17-15/h4-7H,2-3,8-11H2,1H3,(H,16,17). The molecule has 1 aromatic carbocycles. The molecule has 0 spiro atoms. The Kier molecular flexibility index (Phi) is 6.56. The molecule has 0 saturated carbocycles. The summed E-state index contributed by atoms with van der Waals surface area (Å²) in [6.07, 6.45) is 2.14. The largest absolute Gasteiger partial charge is 0.463 e. The molecule has 0 saturated heterocycles. The number of aromatic amines is 1. The number of nitrogens with zero attached hydrogens (tertiary/aromatic N) is 1. The molecule has 1 aromatic heterocycles. The maximum Gasteiger partial charge on any atom is 0.316 e. The lowest BCUT2D eigenvalue weighted by molar-refractivity contribution is -0.141. The number of ether oxygens (including phenoxy) is 2. The van der Waals surface area contributed by atoms with Crippen LogP contribution in [-0.4, -0.2) is 41.5 Å². The zero-order valence-corrected chi connectivity index (χ0v) is 12.9. The van der Waals surface area contributed by atoms with E-state index in [0.29, 0.717) is 13.2 Å². The summed E-state index contributed by atoms with van der Waals surface area (Å²) in [5.74, 6) is -0.00560. The van der Waals surface area contributed by atoms with E-state index in [-0.39, 0.29) is 11.7 Å². The van der Waals surface area contributed by atoms with E-state index in [1.165, 1.54) is 11.8 Å². The van der Waals surface area contributed by atoms with Crippen molar-refractivity contribution in [3.8, 4) is 0 Å². The fourth-order valence-corrected chi connectivity index (χ4v) is 2.41. The summed E-state index contributed by atoms with van der Waals surface area (Å²) in [7, 11) is 0. The van der Waals surface area contributed by atoms with Crippen molar-refractivity contribution in [3.05, 3.63) is 24.3 Å². The summed E-state index contributed by atoms with van der Waals surface area (Å²) >= 11 is 1.34. The van der Waals surface area contributed by atoms with Crippen LogP contribution in [0.15, 0.2) is 29.4 Å². The molecule has 0 amide bonds. The van der Waals surface area contributed by atoms with Crippen molar-refractivity contribution >= 4 is 28.8 Å². The third kappa shape index (κ3) is 5.40. The summed E-state index contributed by atoms with van der Waals surface area (Å²) in [5, 5.41) is 0.729. The van der Waals surface area contributed by atoms with Crippen LogP contribution in [0.2, 0.25) is 0 Å². The van der Waals surface area contributed by atoms with E-state index in [1.807, 2.05) is 24.3 Å². The second-order valence-corrected chi connectivity index (χ2v) is 5.50. The van der Waals surface area contributed by atoms with Gasteiger partial charge in [0.1, 0.15) is 6.61 Å². The minimum Gasteiger partial charge on any atom is -0.463 e. The Labute approximate surface area is 128 Å². The summed E-state index contributed by atoms with van der Waals surface area (Å²) in [6, 6.07) is 7.77. The first kappa shape index (κ1) is 15.9. The predicted octanol–water partition coefficient (Wildman–Crippen LogP) is 3.01. The van der Waals surface area contributed by atoms with Gasteiger partial charge in [0.25, 0.3) is 0 Å². The monoisotopic (exact) mass is 308 g/mol. The number of rotatable bonds is 9. The molecule has 1 N–H and O–H groups in total. The Hall–Kier alpha value is -1.53. The van der Waals surface area contributed by atoms with Crippen LogP contribution < -0.4 is 0 Å². The molecule has 1 heterocycles. The highest BCUT2D eigenvalue weighted by Gasteiger charge is 2.07. The molecule has 0 unspecified atom stereocenters. The second-order valence-electron chi connectivity index (χ2n) is 4.53. The quantitative estimate of drug-likeness (QED) is 0.438. The van der Waals surface area contributed by atoms with Crippen LogP contribution in [0.1, 0.15) is 19.8 Å². The van der Waals surface area contributed by atoms with Gasteiger partial charge in [0.05, 0.1) is 23.4 Å². The van der Waals surface area contributed by atoms with Crippen molar-refractivity contribution in [2.75, 3.05) is 25.6 Å². The molecule has 5 nitrogen and oxygen atoms in total. The van der Waals surface area contributed by atoms with Gasteiger partial charge in [0.2, 0.25) is 0 Å². The molecule has 0 aliphatic rings. The second kappa shape index (κ2) is 8.69. The Balaban J connectivity index is 1.64. The molecule has 0 fully saturated rings. The number of hydrogen-bond donors (Lipinski definition) is 1. The Morgan fingerprint density at radius 1 is 1.29 bits per heavy atom. The third-order valence-corrected chi connectivity index (χ3v) is 3.67. The lowest BCUT2D eigenvalue weighted by Crippen LogP contribution is -2.12. The van der Waals surface area contributed by atoms with Gasteiger partial charge in [-0.25, -0.2) is 4.98 Å². The third-order valence-electron chi connectivity index (χ3n) is 2.83. The van der Waals surface area contributed by atoms with Gasteiger partial charge in [-0.3, -0.25) is 4.79 Å². The lowest BCUT2D eigenvalue weighted by Gasteiger charge is -2.04. The molecular weight excluding hydrogens is 288 g/mol. The number of H-pyrrole nitrogens is 1. The molecule has 21 heavy (non-hydrogen) atoms. The maximum absolute atomic E-state index is 11.6. The fraction of sp³-hybridized carbons (Fsp3) is 0.467. The van der Waals surface area contributed by atoms with Crippen LogP contribution in [0, 0.1) is 0 Å². The summed E-state index contributed by atoms with van der Waals surface area (Å²) in [4.78, 5) is 19.1. The van der Waals surface area contributed by atoms with Crippen molar-refractivity contribution in [1.82, 2.24) is 9.97 Å². The molecule has 0 bridgehead atoms. The number of imidazole rings is 1. The Morgan fingerprint density at radius 3 is 2.95 bits per heavy atom. The molecule has 0 aliphatic carbocycles. The van der Waals surface area contributed by atoms with Gasteiger partial charge in [-0.05, 0) is 18.6 Å². The van der Waals surface area contributed by atoms with Gasteiger partial charge in [-0.15, -0.1) is 0 Å². The molecule has 6 heteroatoms. The van der Waals surface area contributed by atoms with Crippen LogP contribution >= 0.6 is 11.8 Å². The van der Waals surface area contributed by atoms with E-state index in [9.17, 15) is 4.79 Å². The van der Waals surface area contributed by atoms with E-state index >= 15 is 0 Å². The average molecular weight is 308 g/mol. The van der Waals surface area contributed by atoms with Crippen molar-refractivity contribution < 1.29 is 14.3 Å². The number of carbonyl (C=O) groups is 1. The molecule has 0 aliphatic heterocycles. The summed E-state index contributed by atoms with van der Waals surface area (Å²) in [6.45, 7) is 3.60. The van der Waals surface area contributed by atoms with Gasteiger partial charge < -0.3 is 14.5 Å². The molecule has 0 atom stereocenters. The Bertz CT molecular complexity index is 538. The number of hydrogen-bond acceptors (Lipinski definition) is 5. The van der Waals surface area contributed by atoms with E-state index in [4.69, 9.17) is 9.47 Å². The number of thioether (sulfide) groups is 1. The van der Waals surface area contributed by atoms with E-state index in [2.05, 4.69) is 16.9 Å². The Morgan fingerprint density at radius 2 is 2.14 bits per heavy atom. The zero-order chi connectivity index (χ0) is 14.9.